The molecule has 0 radical (unpaired) electrons. The Morgan fingerprint density at radius 1 is 1.13 bits per heavy atom. The fraction of sp³-hybridized carbons (Fsp3) is 0.294. The van der Waals surface area contributed by atoms with Gasteiger partial charge in [-0.1, -0.05) is 18.2 Å². The molecule has 1 N–H and O–H groups in total. The van der Waals surface area contributed by atoms with Gasteiger partial charge in [0.2, 0.25) is 0 Å². The number of nitrogens with zero attached hydrogens (tertiary/aromatic N) is 1. The zero-order valence-corrected chi connectivity index (χ0v) is 14.9. The summed E-state index contributed by atoms with van der Waals surface area (Å²) < 4.78 is 0.818. The summed E-state index contributed by atoms with van der Waals surface area (Å²) in [5.41, 5.74) is 0.688. The van der Waals surface area contributed by atoms with Crippen LogP contribution in [0.5, 0.6) is 0 Å². The highest BCUT2D eigenvalue weighted by molar-refractivity contribution is 9.10. The number of halogens is 1. The largest absolute Gasteiger partial charge is 0.348 e. The fourth-order valence-corrected chi connectivity index (χ4v) is 3.78. The van der Waals surface area contributed by atoms with Crippen molar-refractivity contribution in [1.29, 1.82) is 0 Å². The van der Waals surface area contributed by atoms with E-state index in [1.54, 1.807) is 0 Å². The second kappa shape index (κ2) is 7.27. The fourth-order valence-electron chi connectivity index (χ4n) is 2.70. The number of likely N-dealkylation sites (tertiary alicyclic amines) is 1. The summed E-state index contributed by atoms with van der Waals surface area (Å²) >= 11 is 4.87. The van der Waals surface area contributed by atoms with Crippen LogP contribution in [0.15, 0.2) is 46.3 Å². The molecule has 1 saturated heterocycles. The Balaban J connectivity index is 1.55. The van der Waals surface area contributed by atoms with Crippen molar-refractivity contribution >= 4 is 39.1 Å². The van der Waals surface area contributed by atoms with Crippen molar-refractivity contribution in [3.8, 4) is 0 Å². The van der Waals surface area contributed by atoms with E-state index >= 15 is 0 Å². The summed E-state index contributed by atoms with van der Waals surface area (Å²) in [7, 11) is 0. The Kier molecular flexibility index (Phi) is 5.13. The van der Waals surface area contributed by atoms with E-state index < -0.39 is 0 Å². The summed E-state index contributed by atoms with van der Waals surface area (Å²) in [5, 5.41) is 4.95. The molecule has 0 unspecified atom stereocenters. The average Bonchev–Trinajstić information content (AvgIpc) is 3.10. The molecule has 1 aromatic carbocycles. The molecule has 3 rings (SSSR count). The standard InChI is InChI=1S/C17H17BrN2O2S/c18-14-5-2-1-4-13(14)17(22)20-9-7-12(8-10-20)19-16(21)15-6-3-11-23-15/h1-6,11-12H,7-10H2,(H,19,21). The predicted octanol–water partition coefficient (Wildman–Crippen LogP) is 3.55. The van der Waals surface area contributed by atoms with Crippen LogP contribution in [0.3, 0.4) is 0 Å². The summed E-state index contributed by atoms with van der Waals surface area (Å²) in [6, 6.07) is 11.3. The number of carbonyl (C=O) groups excluding carboxylic acids is 2. The number of hydrogen-bond donors (Lipinski definition) is 1. The van der Waals surface area contributed by atoms with E-state index in [4.69, 9.17) is 0 Å². The number of piperidine rings is 1. The first-order valence-electron chi connectivity index (χ1n) is 7.53. The van der Waals surface area contributed by atoms with E-state index in [9.17, 15) is 9.59 Å². The number of hydrogen-bond acceptors (Lipinski definition) is 3. The maximum absolute atomic E-state index is 12.5. The molecule has 0 bridgehead atoms. The molecule has 120 valence electrons. The Labute approximate surface area is 147 Å². The van der Waals surface area contributed by atoms with Gasteiger partial charge < -0.3 is 10.2 Å². The first-order chi connectivity index (χ1) is 11.1. The molecule has 0 atom stereocenters. The number of amides is 2. The van der Waals surface area contributed by atoms with Gasteiger partial charge in [0.15, 0.2) is 0 Å². The SMILES string of the molecule is O=C(NC1CCN(C(=O)c2ccccc2Br)CC1)c1cccs1. The summed E-state index contributed by atoms with van der Waals surface area (Å²) in [5.74, 6) is 0.0242. The van der Waals surface area contributed by atoms with E-state index in [1.165, 1.54) is 11.3 Å². The lowest BCUT2D eigenvalue weighted by Crippen LogP contribution is -2.46. The molecule has 2 amide bonds. The third kappa shape index (κ3) is 3.82. The van der Waals surface area contributed by atoms with Crippen LogP contribution in [0.25, 0.3) is 0 Å². The van der Waals surface area contributed by atoms with E-state index in [0.717, 1.165) is 22.2 Å². The van der Waals surface area contributed by atoms with Crippen molar-refractivity contribution in [2.75, 3.05) is 13.1 Å². The van der Waals surface area contributed by atoms with Gasteiger partial charge in [-0.2, -0.15) is 0 Å². The molecule has 0 aliphatic carbocycles. The maximum Gasteiger partial charge on any atom is 0.261 e. The van der Waals surface area contributed by atoms with Gasteiger partial charge in [0.05, 0.1) is 10.4 Å². The van der Waals surface area contributed by atoms with Crippen molar-refractivity contribution in [2.45, 2.75) is 18.9 Å². The van der Waals surface area contributed by atoms with Gasteiger partial charge in [0.1, 0.15) is 0 Å². The third-order valence-electron chi connectivity index (χ3n) is 3.97. The van der Waals surface area contributed by atoms with Gasteiger partial charge in [0.25, 0.3) is 11.8 Å². The van der Waals surface area contributed by atoms with Gasteiger partial charge in [-0.15, -0.1) is 11.3 Å². The summed E-state index contributed by atoms with van der Waals surface area (Å²) in [4.78, 5) is 27.2. The Morgan fingerprint density at radius 3 is 2.52 bits per heavy atom. The first-order valence-corrected chi connectivity index (χ1v) is 9.20. The molecule has 1 aliphatic heterocycles. The van der Waals surface area contributed by atoms with Crippen LogP contribution < -0.4 is 5.32 Å². The van der Waals surface area contributed by atoms with Crippen LogP contribution in [0, 0.1) is 0 Å². The number of thiophene rings is 1. The lowest BCUT2D eigenvalue weighted by molar-refractivity contribution is 0.0697. The van der Waals surface area contributed by atoms with Crippen molar-refractivity contribution in [3.05, 3.63) is 56.7 Å². The van der Waals surface area contributed by atoms with Crippen molar-refractivity contribution < 1.29 is 9.59 Å². The highest BCUT2D eigenvalue weighted by atomic mass is 79.9. The van der Waals surface area contributed by atoms with Gasteiger partial charge in [0, 0.05) is 23.6 Å². The van der Waals surface area contributed by atoms with Crippen LogP contribution >= 0.6 is 27.3 Å². The molecule has 0 spiro atoms. The van der Waals surface area contributed by atoms with Gasteiger partial charge in [-0.25, -0.2) is 0 Å². The molecule has 2 aromatic rings. The normalized spacial score (nSPS) is 15.4. The minimum absolute atomic E-state index is 0.0180. The minimum Gasteiger partial charge on any atom is -0.348 e. The van der Waals surface area contributed by atoms with Crippen LogP contribution in [0.1, 0.15) is 32.9 Å². The molecule has 1 fully saturated rings. The molecule has 0 saturated carbocycles. The molecule has 23 heavy (non-hydrogen) atoms. The predicted molar refractivity (Wildman–Crippen MR) is 94.9 cm³/mol. The number of carbonyl (C=O) groups is 2. The molecular weight excluding hydrogens is 376 g/mol. The smallest absolute Gasteiger partial charge is 0.261 e. The zero-order valence-electron chi connectivity index (χ0n) is 12.5. The van der Waals surface area contributed by atoms with Crippen LogP contribution in [0.2, 0.25) is 0 Å². The van der Waals surface area contributed by atoms with E-state index in [1.807, 2.05) is 46.7 Å². The number of benzene rings is 1. The molecule has 4 nitrogen and oxygen atoms in total. The molecule has 6 heteroatoms. The topological polar surface area (TPSA) is 49.4 Å². The molecular formula is C17H17BrN2O2S. The van der Waals surface area contributed by atoms with E-state index in [-0.39, 0.29) is 17.9 Å². The van der Waals surface area contributed by atoms with Crippen LogP contribution in [0.4, 0.5) is 0 Å². The molecule has 1 aliphatic rings. The lowest BCUT2D eigenvalue weighted by atomic mass is 10.0. The first kappa shape index (κ1) is 16.2. The lowest BCUT2D eigenvalue weighted by Gasteiger charge is -2.32. The van der Waals surface area contributed by atoms with Crippen molar-refractivity contribution in [3.63, 3.8) is 0 Å². The van der Waals surface area contributed by atoms with Gasteiger partial charge in [-0.3, -0.25) is 9.59 Å². The van der Waals surface area contributed by atoms with E-state index in [0.29, 0.717) is 18.7 Å². The van der Waals surface area contributed by atoms with Crippen molar-refractivity contribution in [2.24, 2.45) is 0 Å². The third-order valence-corrected chi connectivity index (χ3v) is 5.53. The highest BCUT2D eigenvalue weighted by Gasteiger charge is 2.25. The van der Waals surface area contributed by atoms with E-state index in [2.05, 4.69) is 21.2 Å². The summed E-state index contributed by atoms with van der Waals surface area (Å²) in [6.45, 7) is 1.32. The number of nitrogens with one attached hydrogen (secondary N) is 1. The zero-order chi connectivity index (χ0) is 16.2. The van der Waals surface area contributed by atoms with Crippen molar-refractivity contribution in [1.82, 2.24) is 10.2 Å². The van der Waals surface area contributed by atoms with Gasteiger partial charge >= 0.3 is 0 Å². The monoisotopic (exact) mass is 392 g/mol. The van der Waals surface area contributed by atoms with Gasteiger partial charge in [-0.05, 0) is 52.4 Å². The van der Waals surface area contributed by atoms with Crippen LogP contribution in [-0.4, -0.2) is 35.8 Å². The molecule has 2 heterocycles. The second-order valence-electron chi connectivity index (χ2n) is 5.50. The average molecular weight is 393 g/mol. The highest BCUT2D eigenvalue weighted by Crippen LogP contribution is 2.20. The quantitative estimate of drug-likeness (QED) is 0.867. The number of rotatable bonds is 3. The molecule has 1 aromatic heterocycles. The Morgan fingerprint density at radius 2 is 1.87 bits per heavy atom. The summed E-state index contributed by atoms with van der Waals surface area (Å²) in [6.07, 6.45) is 1.57. The Hall–Kier alpha value is -1.66. The van der Waals surface area contributed by atoms with Crippen LogP contribution in [-0.2, 0) is 0 Å². The Bertz CT molecular complexity index is 694. The minimum atomic E-state index is -0.0180. The maximum atomic E-state index is 12.5. The second-order valence-corrected chi connectivity index (χ2v) is 7.30.